The SMILES string of the molecule is CCNC(c1ccc(OC)cc1)C(C)SC(C)C. The molecule has 0 aliphatic rings. The summed E-state index contributed by atoms with van der Waals surface area (Å²) in [6.45, 7) is 9.93. The Morgan fingerprint density at radius 3 is 2.22 bits per heavy atom. The summed E-state index contributed by atoms with van der Waals surface area (Å²) in [4.78, 5) is 0. The first-order valence-electron chi connectivity index (χ1n) is 6.61. The van der Waals surface area contributed by atoms with Gasteiger partial charge in [0.15, 0.2) is 0 Å². The van der Waals surface area contributed by atoms with Crippen LogP contribution in [-0.2, 0) is 0 Å². The van der Waals surface area contributed by atoms with Crippen LogP contribution in [0, 0.1) is 0 Å². The molecule has 0 aromatic heterocycles. The van der Waals surface area contributed by atoms with Gasteiger partial charge in [-0.2, -0.15) is 11.8 Å². The van der Waals surface area contributed by atoms with Gasteiger partial charge in [-0.15, -0.1) is 0 Å². The Labute approximate surface area is 116 Å². The van der Waals surface area contributed by atoms with Gasteiger partial charge in [-0.25, -0.2) is 0 Å². The Kier molecular flexibility index (Phi) is 6.58. The summed E-state index contributed by atoms with van der Waals surface area (Å²) >= 11 is 2.01. The fraction of sp³-hybridized carbons (Fsp3) is 0.600. The van der Waals surface area contributed by atoms with Crippen molar-refractivity contribution < 1.29 is 4.74 Å². The average molecular weight is 267 g/mol. The van der Waals surface area contributed by atoms with Gasteiger partial charge in [0, 0.05) is 11.3 Å². The predicted molar refractivity (Wildman–Crippen MR) is 81.6 cm³/mol. The summed E-state index contributed by atoms with van der Waals surface area (Å²) in [6, 6.07) is 8.78. The molecule has 0 aliphatic carbocycles. The molecule has 0 fully saturated rings. The minimum Gasteiger partial charge on any atom is -0.497 e. The zero-order chi connectivity index (χ0) is 13.5. The molecule has 0 amide bonds. The molecule has 0 heterocycles. The zero-order valence-electron chi connectivity index (χ0n) is 12.1. The van der Waals surface area contributed by atoms with Gasteiger partial charge >= 0.3 is 0 Å². The van der Waals surface area contributed by atoms with Crippen LogP contribution in [0.5, 0.6) is 5.75 Å². The van der Waals surface area contributed by atoms with E-state index in [2.05, 4.69) is 45.1 Å². The molecule has 0 spiro atoms. The first kappa shape index (κ1) is 15.4. The summed E-state index contributed by atoms with van der Waals surface area (Å²) in [5.41, 5.74) is 1.33. The molecule has 2 nitrogen and oxygen atoms in total. The van der Waals surface area contributed by atoms with Crippen molar-refractivity contribution in [3.8, 4) is 5.75 Å². The Morgan fingerprint density at radius 1 is 1.17 bits per heavy atom. The van der Waals surface area contributed by atoms with E-state index < -0.39 is 0 Å². The first-order chi connectivity index (χ1) is 8.58. The highest BCUT2D eigenvalue weighted by molar-refractivity contribution is 8.00. The van der Waals surface area contributed by atoms with Gasteiger partial charge in [0.25, 0.3) is 0 Å². The highest BCUT2D eigenvalue weighted by Crippen LogP contribution is 2.30. The third-order valence-corrected chi connectivity index (χ3v) is 4.10. The van der Waals surface area contributed by atoms with Crippen molar-refractivity contribution in [3.05, 3.63) is 29.8 Å². The molecule has 0 bridgehead atoms. The lowest BCUT2D eigenvalue weighted by molar-refractivity contribution is 0.414. The summed E-state index contributed by atoms with van der Waals surface area (Å²) in [6.07, 6.45) is 0. The Bertz CT molecular complexity index is 337. The lowest BCUT2D eigenvalue weighted by Crippen LogP contribution is -2.29. The highest BCUT2D eigenvalue weighted by atomic mass is 32.2. The van der Waals surface area contributed by atoms with Crippen LogP contribution in [0.15, 0.2) is 24.3 Å². The molecule has 1 aromatic carbocycles. The van der Waals surface area contributed by atoms with E-state index in [1.54, 1.807) is 7.11 Å². The second-order valence-electron chi connectivity index (χ2n) is 4.70. The largest absolute Gasteiger partial charge is 0.497 e. The average Bonchev–Trinajstić information content (AvgIpc) is 2.35. The molecule has 2 atom stereocenters. The molecule has 0 aliphatic heterocycles. The highest BCUT2D eigenvalue weighted by Gasteiger charge is 2.19. The molecule has 102 valence electrons. The van der Waals surface area contributed by atoms with Crippen LogP contribution in [0.1, 0.15) is 39.3 Å². The normalized spacial score (nSPS) is 14.6. The Hall–Kier alpha value is -0.670. The van der Waals surface area contributed by atoms with Gasteiger partial charge in [-0.1, -0.05) is 39.8 Å². The van der Waals surface area contributed by atoms with E-state index in [-0.39, 0.29) is 0 Å². The van der Waals surface area contributed by atoms with E-state index in [4.69, 9.17) is 4.74 Å². The number of rotatable bonds is 7. The smallest absolute Gasteiger partial charge is 0.118 e. The van der Waals surface area contributed by atoms with Crippen molar-refractivity contribution in [2.24, 2.45) is 0 Å². The van der Waals surface area contributed by atoms with Gasteiger partial charge in [-0.3, -0.25) is 0 Å². The van der Waals surface area contributed by atoms with Gasteiger partial charge in [-0.05, 0) is 29.5 Å². The van der Waals surface area contributed by atoms with E-state index in [1.807, 2.05) is 23.9 Å². The Morgan fingerprint density at radius 2 is 1.78 bits per heavy atom. The summed E-state index contributed by atoms with van der Waals surface area (Å²) in [5, 5.41) is 4.79. The number of hydrogen-bond donors (Lipinski definition) is 1. The van der Waals surface area contributed by atoms with Crippen LogP contribution >= 0.6 is 11.8 Å². The standard InChI is InChI=1S/C15H25NOS/c1-6-16-15(12(4)18-11(2)3)13-7-9-14(17-5)10-8-13/h7-12,15-16H,6H2,1-5H3. The number of ether oxygens (including phenoxy) is 1. The molecular weight excluding hydrogens is 242 g/mol. The van der Waals surface area contributed by atoms with Gasteiger partial charge in [0.05, 0.1) is 7.11 Å². The molecule has 18 heavy (non-hydrogen) atoms. The zero-order valence-corrected chi connectivity index (χ0v) is 12.9. The molecule has 1 N–H and O–H groups in total. The van der Waals surface area contributed by atoms with E-state index >= 15 is 0 Å². The van der Waals surface area contributed by atoms with Crippen LogP contribution in [0.3, 0.4) is 0 Å². The van der Waals surface area contributed by atoms with Crippen LogP contribution in [-0.4, -0.2) is 24.2 Å². The molecule has 0 saturated heterocycles. The maximum atomic E-state index is 5.21. The van der Waals surface area contributed by atoms with Crippen LogP contribution in [0.2, 0.25) is 0 Å². The van der Waals surface area contributed by atoms with Crippen molar-refractivity contribution in [2.75, 3.05) is 13.7 Å². The van der Waals surface area contributed by atoms with Gasteiger partial charge < -0.3 is 10.1 Å². The van der Waals surface area contributed by atoms with Crippen molar-refractivity contribution in [2.45, 2.75) is 44.2 Å². The maximum absolute atomic E-state index is 5.21. The topological polar surface area (TPSA) is 21.3 Å². The number of benzene rings is 1. The minimum atomic E-state index is 0.397. The molecule has 1 rings (SSSR count). The van der Waals surface area contributed by atoms with Crippen LogP contribution < -0.4 is 10.1 Å². The van der Waals surface area contributed by atoms with Crippen LogP contribution in [0.4, 0.5) is 0 Å². The first-order valence-corrected chi connectivity index (χ1v) is 7.55. The fourth-order valence-electron chi connectivity index (χ4n) is 2.09. The monoisotopic (exact) mass is 267 g/mol. The lowest BCUT2D eigenvalue weighted by Gasteiger charge is -2.26. The number of methoxy groups -OCH3 is 1. The van der Waals surface area contributed by atoms with Crippen molar-refractivity contribution in [3.63, 3.8) is 0 Å². The third kappa shape index (κ3) is 4.54. The number of thioether (sulfide) groups is 1. The molecule has 1 aromatic rings. The molecule has 0 saturated carbocycles. The maximum Gasteiger partial charge on any atom is 0.118 e. The van der Waals surface area contributed by atoms with Crippen molar-refractivity contribution in [1.82, 2.24) is 5.32 Å². The lowest BCUT2D eigenvalue weighted by atomic mass is 10.0. The number of nitrogens with one attached hydrogen (secondary N) is 1. The predicted octanol–water partition coefficient (Wildman–Crippen LogP) is 3.88. The van der Waals surface area contributed by atoms with E-state index in [0.717, 1.165) is 12.3 Å². The molecule has 2 unspecified atom stereocenters. The quantitative estimate of drug-likeness (QED) is 0.810. The summed E-state index contributed by atoms with van der Waals surface area (Å²) in [5.74, 6) is 0.915. The number of hydrogen-bond acceptors (Lipinski definition) is 3. The second kappa shape index (κ2) is 7.70. The van der Waals surface area contributed by atoms with Crippen molar-refractivity contribution in [1.29, 1.82) is 0 Å². The van der Waals surface area contributed by atoms with E-state index in [0.29, 0.717) is 16.5 Å². The fourth-order valence-corrected chi connectivity index (χ4v) is 3.36. The van der Waals surface area contributed by atoms with Crippen molar-refractivity contribution >= 4 is 11.8 Å². The Balaban J connectivity index is 2.81. The van der Waals surface area contributed by atoms with Gasteiger partial charge in [0.1, 0.15) is 5.75 Å². The molecule has 0 radical (unpaired) electrons. The molecule has 3 heteroatoms. The van der Waals surface area contributed by atoms with E-state index in [1.165, 1.54) is 5.56 Å². The van der Waals surface area contributed by atoms with Gasteiger partial charge in [0.2, 0.25) is 0 Å². The molecular formula is C15H25NOS. The summed E-state index contributed by atoms with van der Waals surface area (Å²) in [7, 11) is 1.70. The van der Waals surface area contributed by atoms with Crippen LogP contribution in [0.25, 0.3) is 0 Å². The third-order valence-electron chi connectivity index (χ3n) is 2.86. The minimum absolute atomic E-state index is 0.397. The summed E-state index contributed by atoms with van der Waals surface area (Å²) < 4.78 is 5.21. The second-order valence-corrected chi connectivity index (χ2v) is 6.66. The van der Waals surface area contributed by atoms with E-state index in [9.17, 15) is 0 Å².